The highest BCUT2D eigenvalue weighted by molar-refractivity contribution is 5.97. The fraction of sp³-hybridized carbons (Fsp3) is 0.273. The molecule has 6 heteroatoms. The Hall–Kier alpha value is -3.28. The number of aryl methyl sites for hydroxylation is 1. The van der Waals surface area contributed by atoms with Gasteiger partial charge in [0.1, 0.15) is 11.5 Å². The lowest BCUT2D eigenvalue weighted by Crippen LogP contribution is -2.30. The van der Waals surface area contributed by atoms with E-state index >= 15 is 0 Å². The summed E-state index contributed by atoms with van der Waals surface area (Å²) in [6.07, 6.45) is 2.95. The Kier molecular flexibility index (Phi) is 5.02. The molecule has 0 radical (unpaired) electrons. The van der Waals surface area contributed by atoms with Gasteiger partial charge in [-0.3, -0.25) is 4.79 Å². The van der Waals surface area contributed by atoms with Crippen LogP contribution in [-0.4, -0.2) is 24.5 Å². The number of fused-ring (bicyclic) bond motifs is 1. The van der Waals surface area contributed by atoms with E-state index in [-0.39, 0.29) is 5.91 Å². The first-order chi connectivity index (χ1) is 13.6. The number of methoxy groups -OCH3 is 1. The van der Waals surface area contributed by atoms with Gasteiger partial charge in [-0.1, -0.05) is 18.2 Å². The number of rotatable bonds is 6. The molecule has 1 aliphatic rings. The average Bonchev–Trinajstić information content (AvgIpc) is 3.32. The lowest BCUT2D eigenvalue weighted by Gasteiger charge is -2.18. The smallest absolute Gasteiger partial charge is 0.231 e. The van der Waals surface area contributed by atoms with Gasteiger partial charge in [0.25, 0.3) is 0 Å². The van der Waals surface area contributed by atoms with Crippen LogP contribution in [0.5, 0.6) is 5.75 Å². The molecule has 0 saturated carbocycles. The molecule has 3 aromatic rings. The van der Waals surface area contributed by atoms with Crippen LogP contribution in [0.2, 0.25) is 0 Å². The zero-order chi connectivity index (χ0) is 19.5. The number of hydrogen-bond acceptors (Lipinski definition) is 5. The van der Waals surface area contributed by atoms with Crippen LogP contribution in [0.4, 0.5) is 11.4 Å². The Balaban J connectivity index is 1.47. The highest BCUT2D eigenvalue weighted by Gasteiger charge is 2.25. The van der Waals surface area contributed by atoms with E-state index in [0.717, 1.165) is 34.9 Å². The zero-order valence-electron chi connectivity index (χ0n) is 16.1. The van der Waals surface area contributed by atoms with Gasteiger partial charge in [-0.15, -0.1) is 0 Å². The summed E-state index contributed by atoms with van der Waals surface area (Å²) in [5, 5.41) is 3.34. The fourth-order valence-electron chi connectivity index (χ4n) is 3.48. The maximum absolute atomic E-state index is 12.9. The number of oxazole rings is 1. The van der Waals surface area contributed by atoms with Gasteiger partial charge in [0.2, 0.25) is 5.91 Å². The first kappa shape index (κ1) is 18.1. The topological polar surface area (TPSA) is 67.6 Å². The second-order valence-corrected chi connectivity index (χ2v) is 6.87. The van der Waals surface area contributed by atoms with Gasteiger partial charge in [0.05, 0.1) is 26.3 Å². The Bertz CT molecular complexity index is 996. The molecule has 28 heavy (non-hydrogen) atoms. The summed E-state index contributed by atoms with van der Waals surface area (Å²) in [5.41, 5.74) is 4.08. The third-order valence-corrected chi connectivity index (χ3v) is 4.91. The predicted molar refractivity (Wildman–Crippen MR) is 108 cm³/mol. The van der Waals surface area contributed by atoms with Crippen molar-refractivity contribution in [1.29, 1.82) is 0 Å². The van der Waals surface area contributed by atoms with Crippen LogP contribution in [0, 0.1) is 6.92 Å². The van der Waals surface area contributed by atoms with Crippen molar-refractivity contribution in [2.45, 2.75) is 26.3 Å². The van der Waals surface area contributed by atoms with E-state index in [1.807, 2.05) is 48.2 Å². The maximum Gasteiger partial charge on any atom is 0.231 e. The van der Waals surface area contributed by atoms with Crippen LogP contribution < -0.4 is 15.0 Å². The molecule has 1 amide bonds. The van der Waals surface area contributed by atoms with Gasteiger partial charge >= 0.3 is 0 Å². The lowest BCUT2D eigenvalue weighted by molar-refractivity contribution is -0.117. The molecule has 0 fully saturated rings. The van der Waals surface area contributed by atoms with Crippen molar-refractivity contribution >= 4 is 17.3 Å². The first-order valence-electron chi connectivity index (χ1n) is 9.34. The third kappa shape index (κ3) is 3.86. The Morgan fingerprint density at radius 1 is 1.29 bits per heavy atom. The number of nitrogens with zero attached hydrogens (tertiary/aromatic N) is 2. The molecule has 2 aromatic carbocycles. The van der Waals surface area contributed by atoms with Crippen molar-refractivity contribution in [2.24, 2.45) is 0 Å². The Morgan fingerprint density at radius 2 is 2.18 bits per heavy atom. The quantitative estimate of drug-likeness (QED) is 0.709. The van der Waals surface area contributed by atoms with Gasteiger partial charge in [-0.05, 0) is 41.8 Å². The minimum absolute atomic E-state index is 0.0926. The molecule has 6 nitrogen and oxygen atoms in total. The molecule has 4 rings (SSSR count). The second kappa shape index (κ2) is 7.76. The predicted octanol–water partition coefficient (Wildman–Crippen LogP) is 3.74. The molecule has 1 aromatic heterocycles. The number of carbonyl (C=O) groups is 1. The minimum Gasteiger partial charge on any atom is -0.497 e. The standard InChI is InChI=1S/C22H23N3O3/c1-15-23-13-20(28-15)14-24-18-7-6-17-8-9-25(21(17)12-18)22(26)11-16-4-3-5-19(10-16)27-2/h3-7,10,12-13,24H,8-9,11,14H2,1-2H3. The first-order valence-corrected chi connectivity index (χ1v) is 9.34. The van der Waals surface area contributed by atoms with Crippen molar-refractivity contribution < 1.29 is 13.9 Å². The van der Waals surface area contributed by atoms with Crippen molar-refractivity contribution in [3.8, 4) is 5.75 Å². The maximum atomic E-state index is 12.9. The van der Waals surface area contributed by atoms with Gasteiger partial charge in [-0.2, -0.15) is 0 Å². The molecule has 0 unspecified atom stereocenters. The van der Waals surface area contributed by atoms with E-state index < -0.39 is 0 Å². The largest absolute Gasteiger partial charge is 0.497 e. The lowest BCUT2D eigenvalue weighted by atomic mass is 10.1. The number of ether oxygens (including phenoxy) is 1. The summed E-state index contributed by atoms with van der Waals surface area (Å²) in [4.78, 5) is 18.9. The number of aromatic nitrogens is 1. The number of anilines is 2. The average molecular weight is 377 g/mol. The fourth-order valence-corrected chi connectivity index (χ4v) is 3.48. The molecule has 144 valence electrons. The number of benzene rings is 2. The SMILES string of the molecule is COc1cccc(CC(=O)N2CCc3ccc(NCc4cnc(C)o4)cc32)c1. The summed E-state index contributed by atoms with van der Waals surface area (Å²) in [6.45, 7) is 3.09. The van der Waals surface area contributed by atoms with Crippen molar-refractivity contribution in [2.75, 3.05) is 23.9 Å². The number of nitrogens with one attached hydrogen (secondary N) is 1. The molecule has 0 spiro atoms. The molecule has 0 aliphatic carbocycles. The van der Waals surface area contributed by atoms with Crippen LogP contribution in [0.3, 0.4) is 0 Å². The molecule has 1 aliphatic heterocycles. The van der Waals surface area contributed by atoms with E-state index in [9.17, 15) is 4.79 Å². The summed E-state index contributed by atoms with van der Waals surface area (Å²) < 4.78 is 10.7. The molecule has 1 N–H and O–H groups in total. The Morgan fingerprint density at radius 3 is 2.96 bits per heavy atom. The summed E-state index contributed by atoms with van der Waals surface area (Å²) in [7, 11) is 1.63. The molecule has 0 bridgehead atoms. The molecule has 2 heterocycles. The zero-order valence-corrected chi connectivity index (χ0v) is 16.1. The van der Waals surface area contributed by atoms with Crippen LogP contribution in [-0.2, 0) is 24.2 Å². The van der Waals surface area contributed by atoms with Crippen LogP contribution in [0.1, 0.15) is 22.8 Å². The monoisotopic (exact) mass is 377 g/mol. The van der Waals surface area contributed by atoms with Crippen molar-refractivity contribution in [3.05, 3.63) is 71.4 Å². The van der Waals surface area contributed by atoms with Crippen molar-refractivity contribution in [1.82, 2.24) is 4.98 Å². The molecule has 0 saturated heterocycles. The number of hydrogen-bond donors (Lipinski definition) is 1. The van der Waals surface area contributed by atoms with E-state index in [1.165, 1.54) is 5.56 Å². The molecular weight excluding hydrogens is 354 g/mol. The van der Waals surface area contributed by atoms with Gasteiger partial charge in [0, 0.05) is 24.8 Å². The minimum atomic E-state index is 0.0926. The van der Waals surface area contributed by atoms with E-state index in [4.69, 9.17) is 9.15 Å². The van der Waals surface area contributed by atoms with Gasteiger partial charge < -0.3 is 19.4 Å². The number of amides is 1. The normalized spacial score (nSPS) is 12.7. The van der Waals surface area contributed by atoms with Gasteiger partial charge in [0.15, 0.2) is 5.89 Å². The highest BCUT2D eigenvalue weighted by Crippen LogP contribution is 2.31. The van der Waals surface area contributed by atoms with E-state index in [0.29, 0.717) is 25.4 Å². The van der Waals surface area contributed by atoms with E-state index in [1.54, 1.807) is 13.3 Å². The van der Waals surface area contributed by atoms with Crippen LogP contribution in [0.15, 0.2) is 53.1 Å². The third-order valence-electron chi connectivity index (χ3n) is 4.91. The van der Waals surface area contributed by atoms with Crippen LogP contribution in [0.25, 0.3) is 0 Å². The molecule has 0 atom stereocenters. The summed E-state index contributed by atoms with van der Waals surface area (Å²) >= 11 is 0. The highest BCUT2D eigenvalue weighted by atomic mass is 16.5. The number of carbonyl (C=O) groups excluding carboxylic acids is 1. The van der Waals surface area contributed by atoms with E-state index in [2.05, 4.69) is 16.4 Å². The Labute approximate surface area is 164 Å². The van der Waals surface area contributed by atoms with Crippen molar-refractivity contribution in [3.63, 3.8) is 0 Å². The van der Waals surface area contributed by atoms with Crippen LogP contribution >= 0.6 is 0 Å². The second-order valence-electron chi connectivity index (χ2n) is 6.87. The van der Waals surface area contributed by atoms with Gasteiger partial charge in [-0.25, -0.2) is 4.98 Å². The summed E-state index contributed by atoms with van der Waals surface area (Å²) in [5.74, 6) is 2.29. The molecular formula is C22H23N3O3. The summed E-state index contributed by atoms with van der Waals surface area (Å²) in [6, 6.07) is 13.8.